The topological polar surface area (TPSA) is 31.4 Å². The fourth-order valence-corrected chi connectivity index (χ4v) is 2.14. The van der Waals surface area contributed by atoms with Gasteiger partial charge in [-0.2, -0.15) is 0 Å². The molecular formula is C15H21N3O. The summed E-state index contributed by atoms with van der Waals surface area (Å²) in [5, 5.41) is 0. The van der Waals surface area contributed by atoms with Crippen molar-refractivity contribution in [3.05, 3.63) is 47.8 Å². The Kier molecular flexibility index (Phi) is 4.58. The minimum Gasteiger partial charge on any atom is -0.380 e. The van der Waals surface area contributed by atoms with Crippen molar-refractivity contribution in [2.24, 2.45) is 12.0 Å². The molecule has 0 radical (unpaired) electrons. The molecule has 0 aliphatic rings. The van der Waals surface area contributed by atoms with Crippen LogP contribution in [0.15, 0.2) is 41.5 Å². The summed E-state index contributed by atoms with van der Waals surface area (Å²) >= 11 is 0. The highest BCUT2D eigenvalue weighted by atomic mass is 16.5. The minimum absolute atomic E-state index is 0.662. The normalized spacial score (nSPS) is 12.1. The zero-order chi connectivity index (χ0) is 13.7. The third-order valence-electron chi connectivity index (χ3n) is 2.96. The van der Waals surface area contributed by atoms with E-state index in [0.29, 0.717) is 13.2 Å². The first-order valence-corrected chi connectivity index (χ1v) is 6.62. The molecule has 0 aliphatic carbocycles. The van der Waals surface area contributed by atoms with Gasteiger partial charge in [-0.15, -0.1) is 0 Å². The number of ether oxygens (including phenoxy) is 1. The molecule has 102 valence electrons. The first-order chi connectivity index (χ1) is 9.24. The molecule has 0 bridgehead atoms. The van der Waals surface area contributed by atoms with Crippen molar-refractivity contribution in [3.8, 4) is 5.69 Å². The molecule has 2 aromatic rings. The number of nitrogens with zero attached hydrogens (tertiary/aromatic N) is 3. The third-order valence-corrected chi connectivity index (χ3v) is 2.96. The van der Waals surface area contributed by atoms with E-state index in [2.05, 4.69) is 34.8 Å². The molecule has 0 unspecified atom stereocenters. The highest BCUT2D eigenvalue weighted by Crippen LogP contribution is 2.07. The van der Waals surface area contributed by atoms with Gasteiger partial charge < -0.3 is 9.30 Å². The summed E-state index contributed by atoms with van der Waals surface area (Å²) in [4.78, 5) is 4.64. The van der Waals surface area contributed by atoms with Crippen LogP contribution in [0.25, 0.3) is 5.69 Å². The number of benzene rings is 1. The van der Waals surface area contributed by atoms with Gasteiger partial charge in [0.05, 0.1) is 13.2 Å². The van der Waals surface area contributed by atoms with Crippen molar-refractivity contribution in [2.75, 3.05) is 19.8 Å². The summed E-state index contributed by atoms with van der Waals surface area (Å²) < 4.78 is 9.54. The summed E-state index contributed by atoms with van der Waals surface area (Å²) in [6.45, 7) is 6.17. The lowest BCUT2D eigenvalue weighted by atomic mass is 10.3. The molecule has 0 amide bonds. The maximum absolute atomic E-state index is 5.34. The molecule has 1 aromatic carbocycles. The number of aromatic nitrogens is 2. The van der Waals surface area contributed by atoms with E-state index in [4.69, 9.17) is 4.74 Å². The number of rotatable bonds is 5. The molecule has 0 fully saturated rings. The van der Waals surface area contributed by atoms with Crippen LogP contribution >= 0.6 is 0 Å². The number of hydrogen-bond acceptors (Lipinski definition) is 2. The van der Waals surface area contributed by atoms with Crippen molar-refractivity contribution in [3.63, 3.8) is 0 Å². The Morgan fingerprint density at radius 1 is 1.21 bits per heavy atom. The second-order valence-corrected chi connectivity index (χ2v) is 4.43. The molecule has 0 N–H and O–H groups in total. The van der Waals surface area contributed by atoms with Gasteiger partial charge in [0.25, 0.3) is 0 Å². The summed E-state index contributed by atoms with van der Waals surface area (Å²) in [6.07, 6.45) is 2.09. The lowest BCUT2D eigenvalue weighted by Gasteiger charge is -2.05. The van der Waals surface area contributed by atoms with E-state index in [-0.39, 0.29) is 0 Å². The molecular weight excluding hydrogens is 238 g/mol. The Morgan fingerprint density at radius 2 is 1.95 bits per heavy atom. The van der Waals surface area contributed by atoms with Crippen LogP contribution < -0.4 is 5.62 Å². The minimum atomic E-state index is 0.662. The van der Waals surface area contributed by atoms with Gasteiger partial charge in [0.2, 0.25) is 5.62 Å². The fourth-order valence-electron chi connectivity index (χ4n) is 2.14. The zero-order valence-corrected chi connectivity index (χ0v) is 11.8. The summed E-state index contributed by atoms with van der Waals surface area (Å²) in [6, 6.07) is 10.3. The van der Waals surface area contributed by atoms with Crippen molar-refractivity contribution >= 4 is 0 Å². The number of imidazole rings is 1. The molecule has 0 atom stereocenters. The molecule has 0 saturated heterocycles. The third kappa shape index (κ3) is 3.15. The second kappa shape index (κ2) is 6.38. The average molecular weight is 259 g/mol. The van der Waals surface area contributed by atoms with E-state index in [1.807, 2.05) is 36.7 Å². The predicted molar refractivity (Wildman–Crippen MR) is 76.4 cm³/mol. The lowest BCUT2D eigenvalue weighted by Crippen LogP contribution is -2.24. The molecule has 19 heavy (non-hydrogen) atoms. The molecule has 2 rings (SSSR count). The molecule has 4 heteroatoms. The van der Waals surface area contributed by atoms with Crippen LogP contribution in [0.2, 0.25) is 0 Å². The quantitative estimate of drug-likeness (QED) is 0.756. The second-order valence-electron chi connectivity index (χ2n) is 4.43. The maximum atomic E-state index is 5.34. The van der Waals surface area contributed by atoms with Gasteiger partial charge in [0, 0.05) is 31.2 Å². The van der Waals surface area contributed by atoms with E-state index >= 15 is 0 Å². The van der Waals surface area contributed by atoms with Crippen molar-refractivity contribution < 1.29 is 4.74 Å². The van der Waals surface area contributed by atoms with Gasteiger partial charge in [-0.05, 0) is 26.0 Å². The Labute approximate surface area is 114 Å². The average Bonchev–Trinajstić information content (AvgIpc) is 2.70. The van der Waals surface area contributed by atoms with Crippen molar-refractivity contribution in [2.45, 2.75) is 13.8 Å². The van der Waals surface area contributed by atoms with Gasteiger partial charge in [-0.1, -0.05) is 18.2 Å². The lowest BCUT2D eigenvalue weighted by molar-refractivity contribution is 0.155. The van der Waals surface area contributed by atoms with Crippen LogP contribution in [0.4, 0.5) is 0 Å². The first-order valence-electron chi connectivity index (χ1n) is 6.62. The van der Waals surface area contributed by atoms with Gasteiger partial charge in [-0.3, -0.25) is 4.57 Å². The molecule has 0 saturated carbocycles. The molecule has 1 heterocycles. The zero-order valence-electron chi connectivity index (χ0n) is 11.8. The standard InChI is InChI=1S/C15H21N3O/c1-4-19-11-10-16-15-17(3)12-13(2)18(15)14-8-6-5-7-9-14/h5-9,12H,4,10-11H2,1-3H3. The number of hydrogen-bond donors (Lipinski definition) is 0. The van der Waals surface area contributed by atoms with E-state index in [9.17, 15) is 0 Å². The molecule has 0 aliphatic heterocycles. The summed E-state index contributed by atoms with van der Waals surface area (Å²) in [7, 11) is 2.02. The predicted octanol–water partition coefficient (Wildman–Crippen LogP) is 2.06. The monoisotopic (exact) mass is 259 g/mol. The number of aryl methyl sites for hydroxylation is 2. The molecule has 1 aromatic heterocycles. The van der Waals surface area contributed by atoms with Gasteiger partial charge >= 0.3 is 0 Å². The van der Waals surface area contributed by atoms with Crippen LogP contribution in [0.1, 0.15) is 12.6 Å². The highest BCUT2D eigenvalue weighted by molar-refractivity contribution is 5.33. The van der Waals surface area contributed by atoms with E-state index in [1.165, 1.54) is 5.69 Å². The Balaban J connectivity index is 2.38. The first kappa shape index (κ1) is 13.6. The summed E-state index contributed by atoms with van der Waals surface area (Å²) in [5.41, 5.74) is 3.25. The fraction of sp³-hybridized carbons (Fsp3) is 0.400. The van der Waals surface area contributed by atoms with Gasteiger partial charge in [-0.25, -0.2) is 4.99 Å². The van der Waals surface area contributed by atoms with Crippen molar-refractivity contribution in [1.82, 2.24) is 9.13 Å². The Bertz CT molecular complexity index is 581. The molecule has 4 nitrogen and oxygen atoms in total. The van der Waals surface area contributed by atoms with Crippen LogP contribution in [-0.4, -0.2) is 28.9 Å². The summed E-state index contributed by atoms with van der Waals surface area (Å²) in [5.74, 6) is 0. The van der Waals surface area contributed by atoms with Gasteiger partial charge in [0.15, 0.2) is 0 Å². The van der Waals surface area contributed by atoms with Gasteiger partial charge in [0.1, 0.15) is 0 Å². The molecule has 0 spiro atoms. The van der Waals surface area contributed by atoms with Crippen LogP contribution in [-0.2, 0) is 11.8 Å². The van der Waals surface area contributed by atoms with E-state index in [0.717, 1.165) is 17.9 Å². The Hall–Kier alpha value is -1.81. The largest absolute Gasteiger partial charge is 0.380 e. The van der Waals surface area contributed by atoms with Crippen molar-refractivity contribution in [1.29, 1.82) is 0 Å². The Morgan fingerprint density at radius 3 is 2.63 bits per heavy atom. The number of para-hydroxylation sites is 1. The van der Waals surface area contributed by atoms with Crippen LogP contribution in [0, 0.1) is 6.92 Å². The van der Waals surface area contributed by atoms with Crippen LogP contribution in [0.3, 0.4) is 0 Å². The highest BCUT2D eigenvalue weighted by Gasteiger charge is 2.05. The SMILES string of the molecule is CCOCCN=c1n(C)cc(C)n1-c1ccccc1. The van der Waals surface area contributed by atoms with Crippen LogP contribution in [0.5, 0.6) is 0 Å². The van der Waals surface area contributed by atoms with E-state index < -0.39 is 0 Å². The maximum Gasteiger partial charge on any atom is 0.209 e. The van der Waals surface area contributed by atoms with E-state index in [1.54, 1.807) is 0 Å². The smallest absolute Gasteiger partial charge is 0.209 e.